The molecule has 0 aliphatic rings. The molecule has 30 heavy (non-hydrogen) atoms. The van der Waals surface area contributed by atoms with Gasteiger partial charge in [0.15, 0.2) is 13.2 Å². The minimum atomic E-state index is -0.731. The topological polar surface area (TPSA) is 117 Å². The molecule has 0 aliphatic carbocycles. The maximum atomic E-state index is 12.0. The summed E-state index contributed by atoms with van der Waals surface area (Å²) in [5, 5.41) is 13.5. The van der Waals surface area contributed by atoms with Crippen LogP contribution in [0.2, 0.25) is 0 Å². The van der Waals surface area contributed by atoms with Gasteiger partial charge in [-0.3, -0.25) is 14.9 Å². The number of carbonyl (C=O) groups excluding carboxylic acids is 2. The molecule has 0 saturated carbocycles. The van der Waals surface area contributed by atoms with Gasteiger partial charge in [0, 0.05) is 0 Å². The average molecular weight is 416 g/mol. The van der Waals surface area contributed by atoms with Gasteiger partial charge in [-0.2, -0.15) is 0 Å². The fraction of sp³-hybridized carbons (Fsp3) is 0.333. The van der Waals surface area contributed by atoms with E-state index in [2.05, 4.69) is 5.32 Å². The summed E-state index contributed by atoms with van der Waals surface area (Å²) < 4.78 is 15.4. The van der Waals surface area contributed by atoms with E-state index >= 15 is 0 Å². The summed E-state index contributed by atoms with van der Waals surface area (Å²) in [4.78, 5) is 34.5. The first-order chi connectivity index (χ1) is 14.2. The molecule has 0 heterocycles. The molecule has 0 saturated heterocycles. The Labute approximate surface area is 174 Å². The first-order valence-electron chi connectivity index (χ1n) is 9.22. The van der Waals surface area contributed by atoms with Crippen molar-refractivity contribution >= 4 is 23.3 Å². The van der Waals surface area contributed by atoms with Crippen LogP contribution in [-0.4, -0.2) is 37.1 Å². The molecule has 9 heteroatoms. The zero-order chi connectivity index (χ0) is 22.3. The molecule has 0 spiro atoms. The SMILES string of the molecule is COc1ccc(NC(=O)COC(=O)COc2cc(C)ccc2C(C)C)c([N+](=O)[O-])c1. The molecule has 0 radical (unpaired) electrons. The monoisotopic (exact) mass is 416 g/mol. The second-order valence-electron chi connectivity index (χ2n) is 6.83. The third kappa shape index (κ3) is 6.20. The number of methoxy groups -OCH3 is 1. The number of amides is 1. The summed E-state index contributed by atoms with van der Waals surface area (Å²) in [5.74, 6) is -0.372. The van der Waals surface area contributed by atoms with Crippen LogP contribution in [0.1, 0.15) is 30.9 Å². The normalized spacial score (nSPS) is 10.4. The molecule has 0 aromatic heterocycles. The van der Waals surface area contributed by atoms with Crippen molar-refractivity contribution in [2.75, 3.05) is 25.6 Å². The highest BCUT2D eigenvalue weighted by Gasteiger charge is 2.18. The van der Waals surface area contributed by atoms with Crippen LogP contribution in [-0.2, 0) is 14.3 Å². The van der Waals surface area contributed by atoms with Crippen molar-refractivity contribution in [3.63, 3.8) is 0 Å². The number of carbonyl (C=O) groups is 2. The molecule has 2 aromatic rings. The van der Waals surface area contributed by atoms with Gasteiger partial charge in [0.2, 0.25) is 0 Å². The summed E-state index contributed by atoms with van der Waals surface area (Å²) in [6.45, 7) is 4.98. The lowest BCUT2D eigenvalue weighted by Crippen LogP contribution is -2.24. The van der Waals surface area contributed by atoms with E-state index in [1.165, 1.54) is 25.3 Å². The minimum absolute atomic E-state index is 0.0283. The summed E-state index contributed by atoms with van der Waals surface area (Å²) >= 11 is 0. The molecule has 2 aromatic carbocycles. The van der Waals surface area contributed by atoms with Crippen LogP contribution in [0.4, 0.5) is 11.4 Å². The van der Waals surface area contributed by atoms with Crippen molar-refractivity contribution < 1.29 is 28.7 Å². The highest BCUT2D eigenvalue weighted by molar-refractivity contribution is 5.95. The van der Waals surface area contributed by atoms with Crippen LogP contribution >= 0.6 is 0 Å². The van der Waals surface area contributed by atoms with E-state index in [0.717, 1.165) is 11.1 Å². The maximum absolute atomic E-state index is 12.0. The van der Waals surface area contributed by atoms with Gasteiger partial charge < -0.3 is 19.5 Å². The number of ether oxygens (including phenoxy) is 3. The number of hydrogen-bond acceptors (Lipinski definition) is 7. The molecule has 0 bridgehead atoms. The van der Waals surface area contributed by atoms with E-state index in [4.69, 9.17) is 14.2 Å². The van der Waals surface area contributed by atoms with Crippen molar-refractivity contribution in [1.29, 1.82) is 0 Å². The van der Waals surface area contributed by atoms with Crippen molar-refractivity contribution in [2.24, 2.45) is 0 Å². The number of hydrogen-bond donors (Lipinski definition) is 1. The van der Waals surface area contributed by atoms with Crippen molar-refractivity contribution in [2.45, 2.75) is 26.7 Å². The Morgan fingerprint density at radius 1 is 1.13 bits per heavy atom. The Hall–Kier alpha value is -3.62. The first-order valence-corrected chi connectivity index (χ1v) is 9.22. The summed E-state index contributed by atoms with van der Waals surface area (Å²) in [6.07, 6.45) is 0. The van der Waals surface area contributed by atoms with Gasteiger partial charge in [0.05, 0.1) is 18.1 Å². The Morgan fingerprint density at radius 2 is 1.87 bits per heavy atom. The third-order valence-corrected chi connectivity index (χ3v) is 4.18. The number of nitro groups is 1. The van der Waals surface area contributed by atoms with Crippen LogP contribution in [0.25, 0.3) is 0 Å². The first kappa shape index (κ1) is 22.7. The third-order valence-electron chi connectivity index (χ3n) is 4.18. The van der Waals surface area contributed by atoms with Gasteiger partial charge in [0.1, 0.15) is 17.2 Å². The largest absolute Gasteiger partial charge is 0.496 e. The fourth-order valence-electron chi connectivity index (χ4n) is 2.65. The lowest BCUT2D eigenvalue weighted by Gasteiger charge is -2.14. The highest BCUT2D eigenvalue weighted by atomic mass is 16.6. The molecule has 0 aliphatic heterocycles. The molecule has 0 atom stereocenters. The summed E-state index contributed by atoms with van der Waals surface area (Å²) in [7, 11) is 1.37. The lowest BCUT2D eigenvalue weighted by molar-refractivity contribution is -0.384. The second-order valence-corrected chi connectivity index (χ2v) is 6.83. The van der Waals surface area contributed by atoms with Crippen LogP contribution in [0.5, 0.6) is 11.5 Å². The summed E-state index contributed by atoms with van der Waals surface area (Å²) in [5.41, 5.74) is 1.58. The molecule has 2 rings (SSSR count). The van der Waals surface area contributed by atoms with Gasteiger partial charge in [-0.15, -0.1) is 0 Å². The van der Waals surface area contributed by atoms with E-state index in [1.807, 2.05) is 39.0 Å². The number of rotatable bonds is 9. The summed E-state index contributed by atoms with van der Waals surface area (Å²) in [6, 6.07) is 9.72. The van der Waals surface area contributed by atoms with Crippen LogP contribution in [0.3, 0.4) is 0 Å². The number of anilines is 1. The Balaban J connectivity index is 1.91. The predicted octanol–water partition coefficient (Wildman–Crippen LogP) is 3.60. The van der Waals surface area contributed by atoms with Crippen LogP contribution in [0.15, 0.2) is 36.4 Å². The van der Waals surface area contributed by atoms with Crippen molar-refractivity contribution in [3.05, 3.63) is 57.6 Å². The number of nitrogens with one attached hydrogen (secondary N) is 1. The zero-order valence-electron chi connectivity index (χ0n) is 17.3. The minimum Gasteiger partial charge on any atom is -0.496 e. The van der Waals surface area contributed by atoms with E-state index in [9.17, 15) is 19.7 Å². The predicted molar refractivity (Wildman–Crippen MR) is 110 cm³/mol. The van der Waals surface area contributed by atoms with E-state index in [0.29, 0.717) is 5.75 Å². The van der Waals surface area contributed by atoms with Gasteiger partial charge in [-0.25, -0.2) is 4.79 Å². The standard InChI is InChI=1S/C21H24N2O7/c1-13(2)16-7-5-14(3)9-19(16)29-12-21(25)30-11-20(24)22-17-8-6-15(28-4)10-18(17)23(26)27/h5-10,13H,11-12H2,1-4H3,(H,22,24). The molecule has 0 fully saturated rings. The molecule has 0 unspecified atom stereocenters. The van der Waals surface area contributed by atoms with E-state index in [1.54, 1.807) is 0 Å². The maximum Gasteiger partial charge on any atom is 0.344 e. The number of aryl methyl sites for hydroxylation is 1. The Morgan fingerprint density at radius 3 is 2.50 bits per heavy atom. The molecule has 1 N–H and O–H groups in total. The van der Waals surface area contributed by atoms with Crippen molar-refractivity contribution in [3.8, 4) is 11.5 Å². The zero-order valence-corrected chi connectivity index (χ0v) is 17.3. The van der Waals surface area contributed by atoms with Crippen LogP contribution in [0, 0.1) is 17.0 Å². The smallest absolute Gasteiger partial charge is 0.344 e. The number of esters is 1. The van der Waals surface area contributed by atoms with Crippen LogP contribution < -0.4 is 14.8 Å². The fourth-order valence-corrected chi connectivity index (χ4v) is 2.65. The molecular formula is C21H24N2O7. The van der Waals surface area contributed by atoms with Gasteiger partial charge in [-0.05, 0) is 42.2 Å². The highest BCUT2D eigenvalue weighted by Crippen LogP contribution is 2.29. The lowest BCUT2D eigenvalue weighted by atomic mass is 10.0. The quantitative estimate of drug-likeness (QED) is 0.377. The molecule has 1 amide bonds. The van der Waals surface area contributed by atoms with E-state index in [-0.39, 0.29) is 29.6 Å². The second kappa shape index (κ2) is 10.2. The molecular weight excluding hydrogens is 392 g/mol. The molecule has 160 valence electrons. The Bertz CT molecular complexity index is 941. The van der Waals surface area contributed by atoms with Crippen molar-refractivity contribution in [1.82, 2.24) is 0 Å². The van der Waals surface area contributed by atoms with E-state index < -0.39 is 23.4 Å². The van der Waals surface area contributed by atoms with Gasteiger partial charge >= 0.3 is 5.97 Å². The average Bonchev–Trinajstić information content (AvgIpc) is 2.70. The number of benzene rings is 2. The van der Waals surface area contributed by atoms with Gasteiger partial charge in [-0.1, -0.05) is 26.0 Å². The number of nitrogens with zero attached hydrogens (tertiary/aromatic N) is 1. The Kier molecular flexibility index (Phi) is 7.74. The number of nitro benzene ring substituents is 1. The van der Waals surface area contributed by atoms with Gasteiger partial charge in [0.25, 0.3) is 11.6 Å². The molecule has 9 nitrogen and oxygen atoms in total.